The molecule has 84 valence electrons. The van der Waals surface area contributed by atoms with Gasteiger partial charge in [-0.15, -0.1) is 22.9 Å². The maximum absolute atomic E-state index is 12.0. The van der Waals surface area contributed by atoms with Crippen LogP contribution in [0.4, 0.5) is 0 Å². The Morgan fingerprint density at radius 2 is 2.27 bits per heavy atom. The van der Waals surface area contributed by atoms with Crippen molar-refractivity contribution in [3.8, 4) is 0 Å². The summed E-state index contributed by atoms with van der Waals surface area (Å²) in [7, 11) is 1.79. The van der Waals surface area contributed by atoms with Gasteiger partial charge in [-0.05, 0) is 25.5 Å². The van der Waals surface area contributed by atoms with Gasteiger partial charge >= 0.3 is 0 Å². The standard InChI is InChI=1S/C11H16ClNOS/c1-4-9-5-6-10(15-9)11(14)13(3)8(2)7-12/h5-6,8H,4,7H2,1-3H3. The Hall–Kier alpha value is -0.540. The summed E-state index contributed by atoms with van der Waals surface area (Å²) in [5, 5.41) is 0. The lowest BCUT2D eigenvalue weighted by molar-refractivity contribution is 0.0761. The SMILES string of the molecule is CCc1ccc(C(=O)N(C)C(C)CCl)s1. The minimum Gasteiger partial charge on any atom is -0.337 e. The van der Waals surface area contributed by atoms with Gasteiger partial charge in [-0.25, -0.2) is 0 Å². The molecule has 1 aromatic heterocycles. The predicted octanol–water partition coefficient (Wildman–Crippen LogP) is 3.01. The quantitative estimate of drug-likeness (QED) is 0.747. The van der Waals surface area contributed by atoms with Gasteiger partial charge in [-0.2, -0.15) is 0 Å². The highest BCUT2D eigenvalue weighted by atomic mass is 35.5. The van der Waals surface area contributed by atoms with Gasteiger partial charge in [0.15, 0.2) is 0 Å². The second-order valence-corrected chi connectivity index (χ2v) is 5.02. The minimum atomic E-state index is 0.0628. The molecule has 1 heterocycles. The predicted molar refractivity (Wildman–Crippen MR) is 66.0 cm³/mol. The van der Waals surface area contributed by atoms with E-state index in [1.807, 2.05) is 19.1 Å². The number of rotatable bonds is 4. The third-order valence-electron chi connectivity index (χ3n) is 2.43. The van der Waals surface area contributed by atoms with Gasteiger partial charge in [0, 0.05) is 23.8 Å². The smallest absolute Gasteiger partial charge is 0.263 e. The molecule has 0 N–H and O–H groups in total. The molecule has 15 heavy (non-hydrogen) atoms. The van der Waals surface area contributed by atoms with E-state index in [1.165, 1.54) is 4.88 Å². The van der Waals surface area contributed by atoms with E-state index in [1.54, 1.807) is 23.3 Å². The van der Waals surface area contributed by atoms with Crippen molar-refractivity contribution in [2.45, 2.75) is 26.3 Å². The molecule has 4 heteroatoms. The summed E-state index contributed by atoms with van der Waals surface area (Å²) in [5.41, 5.74) is 0. The fourth-order valence-corrected chi connectivity index (χ4v) is 2.30. The van der Waals surface area contributed by atoms with Crippen LogP contribution < -0.4 is 0 Å². The topological polar surface area (TPSA) is 20.3 Å². The molecule has 1 aromatic rings. The van der Waals surface area contributed by atoms with Gasteiger partial charge in [-0.1, -0.05) is 6.92 Å². The second-order valence-electron chi connectivity index (χ2n) is 3.54. The minimum absolute atomic E-state index is 0.0628. The maximum atomic E-state index is 12.0. The lowest BCUT2D eigenvalue weighted by Crippen LogP contribution is -2.35. The lowest BCUT2D eigenvalue weighted by atomic mass is 10.3. The zero-order chi connectivity index (χ0) is 11.4. The highest BCUT2D eigenvalue weighted by Crippen LogP contribution is 2.19. The number of carbonyl (C=O) groups excluding carboxylic acids is 1. The number of nitrogens with zero attached hydrogens (tertiary/aromatic N) is 1. The average molecular weight is 246 g/mol. The summed E-state index contributed by atoms with van der Waals surface area (Å²) >= 11 is 7.28. The summed E-state index contributed by atoms with van der Waals surface area (Å²) < 4.78 is 0. The van der Waals surface area contributed by atoms with Crippen LogP contribution >= 0.6 is 22.9 Å². The van der Waals surface area contributed by atoms with Crippen molar-refractivity contribution in [2.24, 2.45) is 0 Å². The summed E-state index contributed by atoms with van der Waals surface area (Å²) in [4.78, 5) is 15.7. The van der Waals surface area contributed by atoms with E-state index in [4.69, 9.17) is 11.6 Å². The Kier molecular flexibility index (Phi) is 4.61. The summed E-state index contributed by atoms with van der Waals surface area (Å²) in [6.45, 7) is 4.03. The molecule has 1 rings (SSSR count). The first-order valence-electron chi connectivity index (χ1n) is 5.02. The Bertz CT molecular complexity index is 337. The monoisotopic (exact) mass is 245 g/mol. The van der Waals surface area contributed by atoms with Crippen LogP contribution in [0.1, 0.15) is 28.4 Å². The van der Waals surface area contributed by atoms with Gasteiger partial charge in [0.1, 0.15) is 0 Å². The Balaban J connectivity index is 2.75. The Morgan fingerprint density at radius 1 is 1.60 bits per heavy atom. The molecule has 0 spiro atoms. The average Bonchev–Trinajstić information content (AvgIpc) is 2.74. The van der Waals surface area contributed by atoms with Crippen LogP contribution in [-0.4, -0.2) is 29.8 Å². The van der Waals surface area contributed by atoms with Crippen LogP contribution in [0.15, 0.2) is 12.1 Å². The first-order chi connectivity index (χ1) is 7.10. The number of carbonyl (C=O) groups is 1. The van der Waals surface area contributed by atoms with Gasteiger partial charge in [0.25, 0.3) is 5.91 Å². The fourth-order valence-electron chi connectivity index (χ4n) is 1.16. The molecule has 1 atom stereocenters. The Morgan fingerprint density at radius 3 is 2.73 bits per heavy atom. The molecular weight excluding hydrogens is 230 g/mol. The fraction of sp³-hybridized carbons (Fsp3) is 0.545. The molecule has 0 fully saturated rings. The van der Waals surface area contributed by atoms with E-state index < -0.39 is 0 Å². The van der Waals surface area contributed by atoms with Gasteiger partial charge in [0.05, 0.1) is 4.88 Å². The molecule has 0 aliphatic carbocycles. The zero-order valence-corrected chi connectivity index (χ0v) is 10.9. The van der Waals surface area contributed by atoms with Crippen molar-refractivity contribution >= 4 is 28.8 Å². The summed E-state index contributed by atoms with van der Waals surface area (Å²) in [6.07, 6.45) is 0.979. The van der Waals surface area contributed by atoms with Crippen molar-refractivity contribution < 1.29 is 4.79 Å². The molecule has 0 saturated carbocycles. The number of amides is 1. The highest BCUT2D eigenvalue weighted by Gasteiger charge is 2.17. The third-order valence-corrected chi connectivity index (χ3v) is 4.09. The molecule has 0 aliphatic heterocycles. The first kappa shape index (κ1) is 12.5. The van der Waals surface area contributed by atoms with E-state index in [-0.39, 0.29) is 11.9 Å². The van der Waals surface area contributed by atoms with Gasteiger partial charge in [0.2, 0.25) is 0 Å². The molecule has 0 radical (unpaired) electrons. The molecule has 1 amide bonds. The lowest BCUT2D eigenvalue weighted by Gasteiger charge is -2.22. The molecule has 2 nitrogen and oxygen atoms in total. The van der Waals surface area contributed by atoms with Gasteiger partial charge in [-0.3, -0.25) is 4.79 Å². The zero-order valence-electron chi connectivity index (χ0n) is 9.29. The summed E-state index contributed by atoms with van der Waals surface area (Å²) in [5.74, 6) is 0.529. The van der Waals surface area contributed by atoms with E-state index in [2.05, 4.69) is 6.92 Å². The molecule has 1 unspecified atom stereocenters. The third kappa shape index (κ3) is 2.95. The van der Waals surface area contributed by atoms with Gasteiger partial charge < -0.3 is 4.90 Å². The van der Waals surface area contributed by atoms with Crippen molar-refractivity contribution in [3.63, 3.8) is 0 Å². The van der Waals surface area contributed by atoms with Crippen molar-refractivity contribution in [1.29, 1.82) is 0 Å². The van der Waals surface area contributed by atoms with E-state index in [9.17, 15) is 4.79 Å². The molecule has 0 aromatic carbocycles. The van der Waals surface area contributed by atoms with E-state index in [0.717, 1.165) is 11.3 Å². The normalized spacial score (nSPS) is 12.5. The van der Waals surface area contributed by atoms with E-state index in [0.29, 0.717) is 5.88 Å². The van der Waals surface area contributed by atoms with Crippen LogP contribution in [0.5, 0.6) is 0 Å². The number of hydrogen-bond donors (Lipinski definition) is 0. The highest BCUT2D eigenvalue weighted by molar-refractivity contribution is 7.14. The first-order valence-corrected chi connectivity index (χ1v) is 6.37. The summed E-state index contributed by atoms with van der Waals surface area (Å²) in [6, 6.07) is 3.98. The van der Waals surface area contributed by atoms with Crippen LogP contribution in [0.3, 0.4) is 0 Å². The number of halogens is 1. The number of aryl methyl sites for hydroxylation is 1. The number of alkyl halides is 1. The van der Waals surface area contributed by atoms with Crippen molar-refractivity contribution in [2.75, 3.05) is 12.9 Å². The molecule has 0 aliphatic rings. The van der Waals surface area contributed by atoms with Crippen molar-refractivity contribution in [1.82, 2.24) is 4.90 Å². The number of thiophene rings is 1. The van der Waals surface area contributed by atoms with Crippen molar-refractivity contribution in [3.05, 3.63) is 21.9 Å². The molecule has 0 saturated heterocycles. The number of hydrogen-bond acceptors (Lipinski definition) is 2. The second kappa shape index (κ2) is 5.52. The largest absolute Gasteiger partial charge is 0.337 e. The van der Waals surface area contributed by atoms with Crippen LogP contribution in [0, 0.1) is 0 Å². The molecular formula is C11H16ClNOS. The van der Waals surface area contributed by atoms with Crippen LogP contribution in [-0.2, 0) is 6.42 Å². The molecule has 0 bridgehead atoms. The Labute approximate surface area is 99.9 Å². The maximum Gasteiger partial charge on any atom is 0.263 e. The van der Waals surface area contributed by atoms with Crippen LogP contribution in [0.2, 0.25) is 0 Å². The van der Waals surface area contributed by atoms with Crippen LogP contribution in [0.25, 0.3) is 0 Å². The van der Waals surface area contributed by atoms with E-state index >= 15 is 0 Å².